The normalized spacial score (nSPS) is 16.8. The first-order valence-electron chi connectivity index (χ1n) is 10.8. The highest BCUT2D eigenvalue weighted by atomic mass is 19.4. The van der Waals surface area contributed by atoms with Crippen LogP contribution in [0, 0.1) is 5.95 Å². The second kappa shape index (κ2) is 7.56. The molecule has 0 unspecified atom stereocenters. The summed E-state index contributed by atoms with van der Waals surface area (Å²) < 4.78 is 60.9. The molecule has 186 valence electrons. The number of hydrogen-bond donors (Lipinski definition) is 3. The number of carbonyl (C=O) groups is 1. The molecule has 0 spiro atoms. The van der Waals surface area contributed by atoms with Crippen molar-refractivity contribution in [2.24, 2.45) is 0 Å². The van der Waals surface area contributed by atoms with Gasteiger partial charge in [-0.1, -0.05) is 5.16 Å². The number of nitrogen functional groups attached to an aromatic ring is 1. The minimum Gasteiger partial charge on any atom is -0.383 e. The van der Waals surface area contributed by atoms with Crippen LogP contribution >= 0.6 is 0 Å². The first kappa shape index (κ1) is 22.1. The van der Waals surface area contributed by atoms with Gasteiger partial charge in [0.2, 0.25) is 11.8 Å². The maximum Gasteiger partial charge on any atom is 0.400 e. The van der Waals surface area contributed by atoms with Crippen LogP contribution in [0.4, 0.5) is 39.7 Å². The molecule has 2 saturated carbocycles. The molecule has 0 aromatic carbocycles. The molecule has 16 heteroatoms. The van der Waals surface area contributed by atoms with Gasteiger partial charge in [-0.05, 0) is 25.7 Å². The summed E-state index contributed by atoms with van der Waals surface area (Å²) in [5, 5.41) is 12.6. The van der Waals surface area contributed by atoms with E-state index >= 15 is 0 Å². The summed E-state index contributed by atoms with van der Waals surface area (Å²) in [4.78, 5) is 28.3. The van der Waals surface area contributed by atoms with Crippen molar-refractivity contribution in [2.75, 3.05) is 16.4 Å². The third-order valence-corrected chi connectivity index (χ3v) is 6.14. The largest absolute Gasteiger partial charge is 0.400 e. The number of anilines is 3. The molecule has 2 fully saturated rings. The zero-order valence-corrected chi connectivity index (χ0v) is 18.2. The van der Waals surface area contributed by atoms with E-state index < -0.39 is 23.6 Å². The van der Waals surface area contributed by atoms with Crippen LogP contribution < -0.4 is 16.4 Å². The number of nitrogens with one attached hydrogen (secondary N) is 2. The van der Waals surface area contributed by atoms with Crippen molar-refractivity contribution in [3.63, 3.8) is 0 Å². The first-order chi connectivity index (χ1) is 17.2. The number of nitrogens with zero attached hydrogens (tertiary/aromatic N) is 7. The van der Waals surface area contributed by atoms with Gasteiger partial charge < -0.3 is 15.6 Å². The SMILES string of the molecule is Nc1ncnc2c1c(-c1ncc(NC(=O)Nc3cc(C4(C(F)(F)F)CC4)no3)c(F)n1)nn2C1CC1. The number of halogens is 4. The van der Waals surface area contributed by atoms with E-state index in [1.807, 2.05) is 0 Å². The maximum atomic E-state index is 14.8. The summed E-state index contributed by atoms with van der Waals surface area (Å²) in [6, 6.07) is 0.141. The van der Waals surface area contributed by atoms with Gasteiger partial charge in [-0.15, -0.1) is 0 Å². The second-order valence-corrected chi connectivity index (χ2v) is 8.62. The molecule has 2 aliphatic rings. The Hall–Kier alpha value is -4.37. The Kier molecular flexibility index (Phi) is 4.65. The lowest BCUT2D eigenvalue weighted by Gasteiger charge is -2.15. The number of carbonyl (C=O) groups excluding carboxylic acids is 1. The minimum absolute atomic E-state index is 0.0916. The second-order valence-electron chi connectivity index (χ2n) is 8.62. The quantitative estimate of drug-likeness (QED) is 0.272. The number of urea groups is 1. The number of alkyl halides is 3. The number of aromatic nitrogens is 7. The maximum absolute atomic E-state index is 14.8. The van der Waals surface area contributed by atoms with Crippen LogP contribution in [0.15, 0.2) is 23.1 Å². The monoisotopic (exact) mass is 504 g/mol. The van der Waals surface area contributed by atoms with E-state index in [9.17, 15) is 22.4 Å². The van der Waals surface area contributed by atoms with E-state index in [4.69, 9.17) is 10.3 Å². The number of amides is 2. The van der Waals surface area contributed by atoms with Crippen molar-refractivity contribution >= 4 is 34.5 Å². The van der Waals surface area contributed by atoms with Crippen LogP contribution in [0.5, 0.6) is 0 Å². The molecule has 2 aliphatic carbocycles. The average molecular weight is 504 g/mol. The molecule has 12 nitrogen and oxygen atoms in total. The Morgan fingerprint density at radius 2 is 1.97 bits per heavy atom. The Morgan fingerprint density at radius 1 is 1.19 bits per heavy atom. The van der Waals surface area contributed by atoms with Gasteiger partial charge in [0.15, 0.2) is 11.5 Å². The highest BCUT2D eigenvalue weighted by Crippen LogP contribution is 2.58. The molecule has 0 saturated heterocycles. The van der Waals surface area contributed by atoms with E-state index in [1.54, 1.807) is 4.68 Å². The molecule has 6 rings (SSSR count). The third-order valence-electron chi connectivity index (χ3n) is 6.14. The summed E-state index contributed by atoms with van der Waals surface area (Å²) in [7, 11) is 0. The predicted octanol–water partition coefficient (Wildman–Crippen LogP) is 3.57. The number of fused-ring (bicyclic) bond motifs is 1. The van der Waals surface area contributed by atoms with Crippen LogP contribution in [-0.2, 0) is 5.41 Å². The molecule has 4 aromatic heterocycles. The Bertz CT molecular complexity index is 1510. The molecular formula is C20H16F4N10O2. The van der Waals surface area contributed by atoms with Crippen LogP contribution in [0.3, 0.4) is 0 Å². The van der Waals surface area contributed by atoms with E-state index in [1.165, 1.54) is 6.33 Å². The zero-order chi connectivity index (χ0) is 25.2. The van der Waals surface area contributed by atoms with Gasteiger partial charge >= 0.3 is 12.2 Å². The standard InChI is InChI=1S/C20H16F4N10O2/c21-14-9(29-18(35)30-11-5-10(33-36-11)19(3-4-19)20(22,23)24)6-26-16(31-14)13-12-15(25)27-7-28-17(12)34(32-13)8-1-2-8/h5-8H,1-4H2,(H2,25,27,28)(H2,29,30,35). The van der Waals surface area contributed by atoms with Crippen molar-refractivity contribution in [2.45, 2.75) is 43.3 Å². The van der Waals surface area contributed by atoms with E-state index in [2.05, 4.69) is 40.8 Å². The van der Waals surface area contributed by atoms with Gasteiger partial charge in [0.05, 0.1) is 17.6 Å². The van der Waals surface area contributed by atoms with Crippen LogP contribution in [-0.4, -0.2) is 47.1 Å². The molecule has 36 heavy (non-hydrogen) atoms. The van der Waals surface area contributed by atoms with E-state index in [0.29, 0.717) is 11.0 Å². The summed E-state index contributed by atoms with van der Waals surface area (Å²) in [6.07, 6.45) is -0.560. The molecule has 0 bridgehead atoms. The first-order valence-corrected chi connectivity index (χ1v) is 10.8. The number of rotatable bonds is 5. The van der Waals surface area contributed by atoms with Crippen molar-refractivity contribution in [3.8, 4) is 11.5 Å². The Labute approximate surface area is 198 Å². The average Bonchev–Trinajstić information content (AvgIpc) is 3.74. The summed E-state index contributed by atoms with van der Waals surface area (Å²) in [5.41, 5.74) is 3.89. The fourth-order valence-corrected chi connectivity index (χ4v) is 3.92. The van der Waals surface area contributed by atoms with Crippen molar-refractivity contribution in [3.05, 3.63) is 30.2 Å². The van der Waals surface area contributed by atoms with E-state index in [-0.39, 0.29) is 53.5 Å². The summed E-state index contributed by atoms with van der Waals surface area (Å²) >= 11 is 0. The molecular weight excluding hydrogens is 488 g/mol. The van der Waals surface area contributed by atoms with E-state index in [0.717, 1.165) is 25.1 Å². The molecule has 0 aliphatic heterocycles. The number of nitrogens with two attached hydrogens (primary N) is 1. The molecule has 4 N–H and O–H groups in total. The van der Waals surface area contributed by atoms with Crippen molar-refractivity contribution in [1.82, 2.24) is 34.9 Å². The zero-order valence-electron chi connectivity index (χ0n) is 18.2. The lowest BCUT2D eigenvalue weighted by Crippen LogP contribution is -2.28. The molecule has 2 amide bonds. The topological polar surface area (TPSA) is 163 Å². The van der Waals surface area contributed by atoms with Gasteiger partial charge in [0.25, 0.3) is 0 Å². The van der Waals surface area contributed by atoms with Gasteiger partial charge in [0, 0.05) is 6.07 Å². The Balaban J connectivity index is 1.21. The smallest absolute Gasteiger partial charge is 0.383 e. The van der Waals surface area contributed by atoms with Crippen molar-refractivity contribution in [1.29, 1.82) is 0 Å². The lowest BCUT2D eigenvalue weighted by molar-refractivity contribution is -0.161. The van der Waals surface area contributed by atoms with Crippen LogP contribution in [0.2, 0.25) is 0 Å². The van der Waals surface area contributed by atoms with Gasteiger partial charge in [-0.25, -0.2) is 24.4 Å². The van der Waals surface area contributed by atoms with Gasteiger partial charge in [-0.2, -0.15) is 27.6 Å². The summed E-state index contributed by atoms with van der Waals surface area (Å²) in [5.74, 6) is -1.36. The predicted molar refractivity (Wildman–Crippen MR) is 115 cm³/mol. The fourth-order valence-electron chi connectivity index (χ4n) is 3.92. The van der Waals surface area contributed by atoms with Gasteiger partial charge in [0.1, 0.15) is 34.6 Å². The van der Waals surface area contributed by atoms with Crippen LogP contribution in [0.25, 0.3) is 22.6 Å². The summed E-state index contributed by atoms with van der Waals surface area (Å²) in [6.45, 7) is 0. The minimum atomic E-state index is -4.48. The number of hydrogen-bond acceptors (Lipinski definition) is 9. The molecule has 0 atom stereocenters. The fraction of sp³-hybridized carbons (Fsp3) is 0.350. The molecule has 4 aromatic rings. The van der Waals surface area contributed by atoms with Crippen molar-refractivity contribution < 1.29 is 26.9 Å². The lowest BCUT2D eigenvalue weighted by atomic mass is 10.0. The molecule has 0 radical (unpaired) electrons. The van der Waals surface area contributed by atoms with Crippen LogP contribution in [0.1, 0.15) is 37.4 Å². The van der Waals surface area contributed by atoms with Gasteiger partial charge in [-0.3, -0.25) is 5.32 Å². The molecule has 4 heterocycles. The highest BCUT2D eigenvalue weighted by molar-refractivity contribution is 5.99. The highest BCUT2D eigenvalue weighted by Gasteiger charge is 2.66. The third kappa shape index (κ3) is 3.56. The Morgan fingerprint density at radius 3 is 2.64 bits per heavy atom.